The molecule has 0 spiro atoms. The van der Waals surface area contributed by atoms with Crippen LogP contribution in [-0.2, 0) is 0 Å². The van der Waals surface area contributed by atoms with E-state index in [2.05, 4.69) is 5.32 Å². The molecule has 2 atom stereocenters. The van der Waals surface area contributed by atoms with E-state index in [1.54, 1.807) is 0 Å². The molecule has 0 saturated heterocycles. The van der Waals surface area contributed by atoms with Crippen molar-refractivity contribution in [3.05, 3.63) is 35.4 Å². The van der Waals surface area contributed by atoms with Gasteiger partial charge in [-0.15, -0.1) is 12.4 Å². The van der Waals surface area contributed by atoms with Crippen LogP contribution in [0.4, 0.5) is 0 Å². The summed E-state index contributed by atoms with van der Waals surface area (Å²) in [6, 6.07) is 8.11. The molecule has 2 N–H and O–H groups in total. The van der Waals surface area contributed by atoms with Crippen LogP contribution in [0.2, 0.25) is 0 Å². The Morgan fingerprint density at radius 2 is 1.80 bits per heavy atom. The Balaban J connectivity index is 0.00000196. The van der Waals surface area contributed by atoms with Crippen LogP contribution >= 0.6 is 12.4 Å². The minimum atomic E-state index is -0.421. The van der Waals surface area contributed by atoms with Gasteiger partial charge in [0.2, 0.25) is 0 Å². The summed E-state index contributed by atoms with van der Waals surface area (Å²) < 4.78 is 0. The number of nitrogens with one attached hydrogen (secondary N) is 1. The van der Waals surface area contributed by atoms with Crippen LogP contribution < -0.4 is 5.32 Å². The maximum absolute atomic E-state index is 9.95. The van der Waals surface area contributed by atoms with Crippen molar-refractivity contribution in [3.63, 3.8) is 0 Å². The molecule has 0 aliphatic heterocycles. The fourth-order valence-electron chi connectivity index (χ4n) is 1.49. The molecule has 0 aliphatic carbocycles. The van der Waals surface area contributed by atoms with Crippen molar-refractivity contribution < 1.29 is 5.11 Å². The Labute approximate surface area is 98.1 Å². The Hall–Kier alpha value is -0.570. The fraction of sp³-hybridized carbons (Fsp3) is 0.500. The van der Waals surface area contributed by atoms with Crippen LogP contribution in [0.15, 0.2) is 24.3 Å². The molecule has 1 aromatic carbocycles. The second-order valence-electron chi connectivity index (χ2n) is 3.70. The summed E-state index contributed by atoms with van der Waals surface area (Å²) in [6.07, 6.45) is -0.421. The quantitative estimate of drug-likeness (QED) is 0.832. The van der Waals surface area contributed by atoms with Crippen LogP contribution in [0.5, 0.6) is 0 Å². The van der Waals surface area contributed by atoms with Gasteiger partial charge in [0, 0.05) is 6.04 Å². The van der Waals surface area contributed by atoms with Gasteiger partial charge < -0.3 is 10.4 Å². The zero-order valence-corrected chi connectivity index (χ0v) is 10.3. The third-order valence-electron chi connectivity index (χ3n) is 2.42. The molecule has 0 heterocycles. The third-order valence-corrected chi connectivity index (χ3v) is 2.42. The Bertz CT molecular complexity index is 273. The summed E-state index contributed by atoms with van der Waals surface area (Å²) in [7, 11) is 0. The molecule has 0 bridgehead atoms. The lowest BCUT2D eigenvalue weighted by Crippen LogP contribution is -2.31. The number of likely N-dealkylation sites (N-methyl/N-ethyl adjacent to an activating group) is 1. The Morgan fingerprint density at radius 3 is 2.27 bits per heavy atom. The fourth-order valence-corrected chi connectivity index (χ4v) is 1.49. The second kappa shape index (κ2) is 6.83. The van der Waals surface area contributed by atoms with Gasteiger partial charge in [0.1, 0.15) is 0 Å². The Morgan fingerprint density at radius 1 is 1.27 bits per heavy atom. The van der Waals surface area contributed by atoms with Crippen molar-refractivity contribution in [2.75, 3.05) is 6.54 Å². The summed E-state index contributed by atoms with van der Waals surface area (Å²) in [5, 5.41) is 13.2. The van der Waals surface area contributed by atoms with Gasteiger partial charge in [-0.3, -0.25) is 0 Å². The number of aliphatic hydroxyl groups excluding tert-OH is 1. The molecule has 86 valence electrons. The van der Waals surface area contributed by atoms with Crippen molar-refractivity contribution in [2.45, 2.75) is 32.9 Å². The number of aliphatic hydroxyl groups is 1. The van der Waals surface area contributed by atoms with Crippen LogP contribution in [0.3, 0.4) is 0 Å². The van der Waals surface area contributed by atoms with E-state index in [4.69, 9.17) is 0 Å². The van der Waals surface area contributed by atoms with Crippen LogP contribution in [0.1, 0.15) is 31.1 Å². The predicted octanol–water partition coefficient (Wildman–Crippen LogP) is 2.45. The summed E-state index contributed by atoms with van der Waals surface area (Å²) in [5.41, 5.74) is 2.20. The molecule has 0 radical (unpaired) electrons. The largest absolute Gasteiger partial charge is 0.387 e. The molecule has 0 aliphatic rings. The number of halogens is 1. The van der Waals surface area contributed by atoms with Crippen molar-refractivity contribution in [1.82, 2.24) is 5.32 Å². The molecule has 1 aromatic rings. The lowest BCUT2D eigenvalue weighted by molar-refractivity contribution is 0.137. The molecule has 0 amide bonds. The van der Waals surface area contributed by atoms with E-state index < -0.39 is 6.10 Å². The predicted molar refractivity (Wildman–Crippen MR) is 66.5 cm³/mol. The first kappa shape index (κ1) is 14.4. The highest BCUT2D eigenvalue weighted by Crippen LogP contribution is 2.16. The lowest BCUT2D eigenvalue weighted by atomic mass is 10.0. The number of aryl methyl sites for hydroxylation is 1. The molecule has 0 aromatic heterocycles. The van der Waals surface area contributed by atoms with Crippen molar-refractivity contribution in [1.29, 1.82) is 0 Å². The first-order valence-electron chi connectivity index (χ1n) is 5.13. The minimum absolute atomic E-state index is 0. The van der Waals surface area contributed by atoms with E-state index >= 15 is 0 Å². The van der Waals surface area contributed by atoms with Crippen LogP contribution in [0.25, 0.3) is 0 Å². The van der Waals surface area contributed by atoms with Gasteiger partial charge in [-0.2, -0.15) is 0 Å². The molecule has 3 heteroatoms. The Kier molecular flexibility index (Phi) is 6.57. The molecule has 0 fully saturated rings. The van der Waals surface area contributed by atoms with Crippen molar-refractivity contribution in [2.24, 2.45) is 0 Å². The van der Waals surface area contributed by atoms with Crippen molar-refractivity contribution in [3.8, 4) is 0 Å². The van der Waals surface area contributed by atoms with Gasteiger partial charge in [0.15, 0.2) is 0 Å². The average Bonchev–Trinajstić information content (AvgIpc) is 2.18. The lowest BCUT2D eigenvalue weighted by Gasteiger charge is -2.19. The highest BCUT2D eigenvalue weighted by atomic mass is 35.5. The number of hydrogen-bond donors (Lipinski definition) is 2. The van der Waals surface area contributed by atoms with Gasteiger partial charge in [0.05, 0.1) is 6.10 Å². The van der Waals surface area contributed by atoms with Gasteiger partial charge in [-0.05, 0) is 26.0 Å². The standard InChI is InChI=1S/C12H19NO.ClH/c1-4-13-10(3)12(14)11-7-5-9(2)6-8-11;/h5-8,10,12-14H,4H2,1-3H3;1H/t10-,12-;/m0./s1. The molecule has 2 nitrogen and oxygen atoms in total. The van der Waals surface area contributed by atoms with E-state index in [-0.39, 0.29) is 18.4 Å². The van der Waals surface area contributed by atoms with E-state index in [1.165, 1.54) is 5.56 Å². The number of hydrogen-bond acceptors (Lipinski definition) is 2. The van der Waals surface area contributed by atoms with Gasteiger partial charge >= 0.3 is 0 Å². The van der Waals surface area contributed by atoms with Gasteiger partial charge in [-0.25, -0.2) is 0 Å². The number of rotatable bonds is 4. The van der Waals surface area contributed by atoms with E-state index in [0.717, 1.165) is 12.1 Å². The molecule has 0 saturated carbocycles. The van der Waals surface area contributed by atoms with Crippen LogP contribution in [-0.4, -0.2) is 17.7 Å². The zero-order chi connectivity index (χ0) is 10.6. The monoisotopic (exact) mass is 229 g/mol. The third kappa shape index (κ3) is 4.20. The molecule has 15 heavy (non-hydrogen) atoms. The van der Waals surface area contributed by atoms with Crippen LogP contribution in [0, 0.1) is 6.92 Å². The summed E-state index contributed by atoms with van der Waals surface area (Å²) >= 11 is 0. The SMILES string of the molecule is CCN[C@@H](C)[C@H](O)c1ccc(C)cc1.Cl. The minimum Gasteiger partial charge on any atom is -0.387 e. The topological polar surface area (TPSA) is 32.3 Å². The normalized spacial score (nSPS) is 14.1. The highest BCUT2D eigenvalue weighted by molar-refractivity contribution is 5.85. The zero-order valence-electron chi connectivity index (χ0n) is 9.53. The van der Waals surface area contributed by atoms with Crippen molar-refractivity contribution >= 4 is 12.4 Å². The van der Waals surface area contributed by atoms with E-state index in [0.29, 0.717) is 0 Å². The first-order valence-corrected chi connectivity index (χ1v) is 5.13. The maximum Gasteiger partial charge on any atom is 0.0940 e. The molecule has 0 unspecified atom stereocenters. The van der Waals surface area contributed by atoms with Gasteiger partial charge in [0.25, 0.3) is 0 Å². The first-order chi connectivity index (χ1) is 6.65. The highest BCUT2D eigenvalue weighted by Gasteiger charge is 2.14. The molecule has 1 rings (SSSR count). The summed E-state index contributed by atoms with van der Waals surface area (Å²) in [5.74, 6) is 0. The molecular formula is C12H20ClNO. The summed E-state index contributed by atoms with van der Waals surface area (Å²) in [6.45, 7) is 6.96. The maximum atomic E-state index is 9.95. The average molecular weight is 230 g/mol. The number of benzene rings is 1. The molecular weight excluding hydrogens is 210 g/mol. The smallest absolute Gasteiger partial charge is 0.0940 e. The van der Waals surface area contributed by atoms with Gasteiger partial charge in [-0.1, -0.05) is 36.8 Å². The second-order valence-corrected chi connectivity index (χ2v) is 3.70. The van der Waals surface area contributed by atoms with E-state index in [9.17, 15) is 5.11 Å². The summed E-state index contributed by atoms with van der Waals surface area (Å²) in [4.78, 5) is 0. The van der Waals surface area contributed by atoms with E-state index in [1.807, 2.05) is 45.0 Å².